The fourth-order valence-electron chi connectivity index (χ4n) is 3.74. The lowest BCUT2D eigenvalue weighted by atomic mass is 10.1. The molecule has 0 saturated carbocycles. The van der Waals surface area contributed by atoms with Crippen molar-refractivity contribution >= 4 is 46.9 Å². The summed E-state index contributed by atoms with van der Waals surface area (Å²) < 4.78 is 13.9. The molecular formula is C32H28FN3O3S. The first kappa shape index (κ1) is 28.3. The van der Waals surface area contributed by atoms with Crippen LogP contribution in [0.5, 0.6) is 0 Å². The van der Waals surface area contributed by atoms with Gasteiger partial charge in [-0.05, 0) is 74.0 Å². The summed E-state index contributed by atoms with van der Waals surface area (Å²) in [7, 11) is 0. The second-order valence-electron chi connectivity index (χ2n) is 9.00. The van der Waals surface area contributed by atoms with Gasteiger partial charge < -0.3 is 16.0 Å². The normalized spacial score (nSPS) is 11.8. The van der Waals surface area contributed by atoms with Crippen LogP contribution < -0.4 is 16.0 Å². The minimum absolute atomic E-state index is 0.0938. The minimum Gasteiger partial charge on any atom is -0.323 e. The summed E-state index contributed by atoms with van der Waals surface area (Å²) in [5, 5.41) is 7.66. The van der Waals surface area contributed by atoms with Crippen LogP contribution in [0.2, 0.25) is 0 Å². The summed E-state index contributed by atoms with van der Waals surface area (Å²) in [4.78, 5) is 39.4. The molecule has 0 spiro atoms. The van der Waals surface area contributed by atoms with Crippen LogP contribution in [-0.4, -0.2) is 23.0 Å². The van der Waals surface area contributed by atoms with Crippen molar-refractivity contribution in [2.24, 2.45) is 0 Å². The Balaban J connectivity index is 1.43. The topological polar surface area (TPSA) is 87.3 Å². The number of halogens is 1. The maximum absolute atomic E-state index is 13.9. The second kappa shape index (κ2) is 13.4. The number of carbonyl (C=O) groups is 3. The minimum atomic E-state index is -0.496. The standard InChI is InChI=1S/C32H28FN3O3S/c1-21-9-8-10-23(19-21)20-29(36-31(38)24-11-4-3-5-12-24)32(39)34-25-15-17-26(18-16-25)40-22(2)30(37)35-28-14-7-6-13-27(28)33/h3-20,22H,1-2H3,(H,34,39)(H,35,37)(H,36,38)/b29-20-. The SMILES string of the molecule is Cc1cccc(/C=C(\NC(=O)c2ccccc2)C(=O)Nc2ccc(SC(C)C(=O)Nc3ccccc3F)cc2)c1. The second-order valence-corrected chi connectivity index (χ2v) is 10.4. The van der Waals surface area contributed by atoms with E-state index >= 15 is 0 Å². The number of aryl methyl sites for hydroxylation is 1. The molecule has 0 fully saturated rings. The summed E-state index contributed by atoms with van der Waals surface area (Å²) in [6.07, 6.45) is 1.63. The zero-order valence-electron chi connectivity index (χ0n) is 22.0. The van der Waals surface area contributed by atoms with Crippen molar-refractivity contribution in [3.05, 3.63) is 131 Å². The lowest BCUT2D eigenvalue weighted by molar-refractivity contribution is -0.115. The van der Waals surface area contributed by atoms with Crippen LogP contribution in [0.25, 0.3) is 6.08 Å². The molecule has 40 heavy (non-hydrogen) atoms. The molecule has 4 rings (SSSR count). The van der Waals surface area contributed by atoms with Gasteiger partial charge in [0.05, 0.1) is 10.9 Å². The third kappa shape index (κ3) is 7.91. The Morgan fingerprint density at radius 2 is 1.52 bits per heavy atom. The van der Waals surface area contributed by atoms with Gasteiger partial charge in [0.15, 0.2) is 0 Å². The number of thioether (sulfide) groups is 1. The highest BCUT2D eigenvalue weighted by atomic mass is 32.2. The van der Waals surface area contributed by atoms with Crippen molar-refractivity contribution in [3.63, 3.8) is 0 Å². The van der Waals surface area contributed by atoms with Gasteiger partial charge in [-0.1, -0.05) is 60.2 Å². The average molecular weight is 554 g/mol. The number of rotatable bonds is 9. The van der Waals surface area contributed by atoms with E-state index in [0.29, 0.717) is 11.3 Å². The summed E-state index contributed by atoms with van der Waals surface area (Å²) in [5.74, 6) is -1.70. The van der Waals surface area contributed by atoms with Gasteiger partial charge in [0, 0.05) is 16.1 Å². The molecule has 1 unspecified atom stereocenters. The number of hydrogen-bond donors (Lipinski definition) is 3. The molecular weight excluding hydrogens is 525 g/mol. The van der Waals surface area contributed by atoms with Gasteiger partial charge in [-0.15, -0.1) is 11.8 Å². The van der Waals surface area contributed by atoms with E-state index in [1.54, 1.807) is 73.7 Å². The van der Waals surface area contributed by atoms with E-state index in [4.69, 9.17) is 0 Å². The molecule has 202 valence electrons. The molecule has 8 heteroatoms. The predicted molar refractivity (Wildman–Crippen MR) is 158 cm³/mol. The Morgan fingerprint density at radius 1 is 0.825 bits per heavy atom. The monoisotopic (exact) mass is 553 g/mol. The Bertz CT molecular complexity index is 1540. The van der Waals surface area contributed by atoms with Crippen LogP contribution in [0, 0.1) is 12.7 Å². The number of para-hydroxylation sites is 1. The molecule has 0 radical (unpaired) electrons. The molecule has 0 aliphatic heterocycles. The highest BCUT2D eigenvalue weighted by Crippen LogP contribution is 2.26. The maximum atomic E-state index is 13.9. The Hall–Kier alpha value is -4.69. The van der Waals surface area contributed by atoms with Gasteiger partial charge in [-0.3, -0.25) is 14.4 Å². The number of benzene rings is 4. The Kier molecular flexibility index (Phi) is 9.48. The van der Waals surface area contributed by atoms with E-state index in [9.17, 15) is 18.8 Å². The Labute approximate surface area is 236 Å². The highest BCUT2D eigenvalue weighted by molar-refractivity contribution is 8.00. The highest BCUT2D eigenvalue weighted by Gasteiger charge is 2.17. The van der Waals surface area contributed by atoms with Crippen molar-refractivity contribution in [1.29, 1.82) is 0 Å². The zero-order valence-corrected chi connectivity index (χ0v) is 22.8. The lowest BCUT2D eigenvalue weighted by Gasteiger charge is -2.14. The number of carbonyl (C=O) groups excluding carboxylic acids is 3. The fourth-order valence-corrected chi connectivity index (χ4v) is 4.61. The number of anilines is 2. The first-order valence-electron chi connectivity index (χ1n) is 12.6. The van der Waals surface area contributed by atoms with Gasteiger partial charge in [0.1, 0.15) is 11.5 Å². The van der Waals surface area contributed by atoms with E-state index in [2.05, 4.69) is 16.0 Å². The van der Waals surface area contributed by atoms with E-state index in [-0.39, 0.29) is 17.3 Å². The molecule has 3 amide bonds. The molecule has 0 bridgehead atoms. The molecule has 0 aromatic heterocycles. The first-order valence-corrected chi connectivity index (χ1v) is 13.4. The quantitative estimate of drug-likeness (QED) is 0.160. The van der Waals surface area contributed by atoms with Crippen LogP contribution in [0.15, 0.2) is 114 Å². The third-order valence-corrected chi connectivity index (χ3v) is 6.92. The van der Waals surface area contributed by atoms with Crippen molar-refractivity contribution in [3.8, 4) is 0 Å². The van der Waals surface area contributed by atoms with Crippen molar-refractivity contribution in [1.82, 2.24) is 5.32 Å². The molecule has 3 N–H and O–H groups in total. The molecule has 4 aromatic rings. The number of hydrogen-bond acceptors (Lipinski definition) is 4. The van der Waals surface area contributed by atoms with E-state index in [1.807, 2.05) is 37.3 Å². The van der Waals surface area contributed by atoms with Crippen LogP contribution >= 0.6 is 11.8 Å². The van der Waals surface area contributed by atoms with Crippen LogP contribution in [0.1, 0.15) is 28.4 Å². The molecule has 0 aliphatic rings. The largest absolute Gasteiger partial charge is 0.323 e. The molecule has 0 heterocycles. The first-order chi connectivity index (χ1) is 19.3. The van der Waals surface area contributed by atoms with Crippen LogP contribution in [0.3, 0.4) is 0 Å². The van der Waals surface area contributed by atoms with Crippen molar-refractivity contribution in [2.45, 2.75) is 24.0 Å². The van der Waals surface area contributed by atoms with Gasteiger partial charge >= 0.3 is 0 Å². The molecule has 6 nitrogen and oxygen atoms in total. The molecule has 4 aromatic carbocycles. The number of amides is 3. The molecule has 1 atom stereocenters. The van der Waals surface area contributed by atoms with Crippen molar-refractivity contribution < 1.29 is 18.8 Å². The van der Waals surface area contributed by atoms with Crippen LogP contribution in [-0.2, 0) is 9.59 Å². The van der Waals surface area contributed by atoms with Crippen LogP contribution in [0.4, 0.5) is 15.8 Å². The van der Waals surface area contributed by atoms with Crippen molar-refractivity contribution in [2.75, 3.05) is 10.6 Å². The smallest absolute Gasteiger partial charge is 0.272 e. The van der Waals surface area contributed by atoms with Gasteiger partial charge in [0.25, 0.3) is 11.8 Å². The van der Waals surface area contributed by atoms with E-state index in [0.717, 1.165) is 16.0 Å². The van der Waals surface area contributed by atoms with Gasteiger partial charge in [-0.2, -0.15) is 0 Å². The molecule has 0 aliphatic carbocycles. The summed E-state index contributed by atoms with van der Waals surface area (Å²) in [6.45, 7) is 3.68. The zero-order chi connectivity index (χ0) is 28.5. The van der Waals surface area contributed by atoms with Gasteiger partial charge in [-0.25, -0.2) is 4.39 Å². The average Bonchev–Trinajstić information content (AvgIpc) is 2.95. The van der Waals surface area contributed by atoms with E-state index < -0.39 is 22.9 Å². The third-order valence-electron chi connectivity index (χ3n) is 5.81. The summed E-state index contributed by atoms with van der Waals surface area (Å²) in [5.41, 5.74) is 2.96. The van der Waals surface area contributed by atoms with Gasteiger partial charge in [0.2, 0.25) is 5.91 Å². The predicted octanol–water partition coefficient (Wildman–Crippen LogP) is 6.66. The maximum Gasteiger partial charge on any atom is 0.272 e. The summed E-state index contributed by atoms with van der Waals surface area (Å²) in [6, 6.07) is 29.2. The summed E-state index contributed by atoms with van der Waals surface area (Å²) >= 11 is 1.30. The Morgan fingerprint density at radius 3 is 2.23 bits per heavy atom. The van der Waals surface area contributed by atoms with E-state index in [1.165, 1.54) is 23.9 Å². The number of nitrogens with one attached hydrogen (secondary N) is 3. The lowest BCUT2D eigenvalue weighted by Crippen LogP contribution is -2.30. The fraction of sp³-hybridized carbons (Fsp3) is 0.0938. The molecule has 0 saturated heterocycles.